The summed E-state index contributed by atoms with van der Waals surface area (Å²) in [5.41, 5.74) is 8.17. The van der Waals surface area contributed by atoms with Crippen molar-refractivity contribution in [3.63, 3.8) is 0 Å². The molecule has 1 aromatic rings. The fourth-order valence-electron chi connectivity index (χ4n) is 2.20. The van der Waals surface area contributed by atoms with Gasteiger partial charge in [-0.05, 0) is 43.9 Å². The molecule has 2 rings (SSSR count). The number of aryl methyl sites for hydroxylation is 1. The Kier molecular flexibility index (Phi) is 3.24. The number of halogens is 1. The van der Waals surface area contributed by atoms with E-state index in [9.17, 15) is 0 Å². The summed E-state index contributed by atoms with van der Waals surface area (Å²) in [6.07, 6.45) is 2.10. The second kappa shape index (κ2) is 4.36. The topological polar surface area (TPSA) is 35.2 Å². The number of rotatable bonds is 2. The van der Waals surface area contributed by atoms with Gasteiger partial charge < -0.3 is 10.5 Å². The zero-order chi connectivity index (χ0) is 11.8. The van der Waals surface area contributed by atoms with Gasteiger partial charge in [-0.3, -0.25) is 0 Å². The summed E-state index contributed by atoms with van der Waals surface area (Å²) in [5, 5.41) is 0.773. The first-order valence-corrected chi connectivity index (χ1v) is 6.06. The molecule has 0 spiro atoms. The van der Waals surface area contributed by atoms with Crippen molar-refractivity contribution in [3.05, 3.63) is 34.3 Å². The summed E-state index contributed by atoms with van der Waals surface area (Å²) in [7, 11) is 0. The maximum absolute atomic E-state index is 6.27. The zero-order valence-electron chi connectivity index (χ0n) is 9.79. The highest BCUT2D eigenvalue weighted by Gasteiger charge is 2.37. The Labute approximate surface area is 102 Å². The van der Waals surface area contributed by atoms with E-state index in [2.05, 4.69) is 6.92 Å². The number of ether oxygens (including phenoxy) is 1. The van der Waals surface area contributed by atoms with Gasteiger partial charge in [-0.15, -0.1) is 0 Å². The van der Waals surface area contributed by atoms with Crippen molar-refractivity contribution in [1.82, 2.24) is 0 Å². The molecule has 16 heavy (non-hydrogen) atoms. The molecule has 2 nitrogen and oxygen atoms in total. The van der Waals surface area contributed by atoms with Crippen LogP contribution in [0, 0.1) is 6.92 Å². The number of benzene rings is 1. The monoisotopic (exact) mass is 239 g/mol. The van der Waals surface area contributed by atoms with Gasteiger partial charge in [0.1, 0.15) is 0 Å². The van der Waals surface area contributed by atoms with Gasteiger partial charge in [-0.25, -0.2) is 0 Å². The molecule has 0 saturated carbocycles. The zero-order valence-corrected chi connectivity index (χ0v) is 10.6. The average Bonchev–Trinajstić information content (AvgIpc) is 2.70. The number of hydrogen-bond donors (Lipinski definition) is 1. The third-order valence-electron chi connectivity index (χ3n) is 3.46. The fourth-order valence-corrected chi connectivity index (χ4v) is 2.39. The van der Waals surface area contributed by atoms with Crippen molar-refractivity contribution in [2.75, 3.05) is 6.61 Å². The lowest BCUT2D eigenvalue weighted by Crippen LogP contribution is -2.37. The molecule has 2 unspecified atom stereocenters. The summed E-state index contributed by atoms with van der Waals surface area (Å²) in [4.78, 5) is 0. The van der Waals surface area contributed by atoms with Crippen LogP contribution in [-0.2, 0) is 4.74 Å². The Morgan fingerprint density at radius 1 is 1.50 bits per heavy atom. The van der Waals surface area contributed by atoms with Gasteiger partial charge in [0.15, 0.2) is 0 Å². The molecule has 88 valence electrons. The number of hydrogen-bond acceptors (Lipinski definition) is 2. The van der Waals surface area contributed by atoms with Gasteiger partial charge in [0.2, 0.25) is 0 Å². The van der Waals surface area contributed by atoms with E-state index in [1.54, 1.807) is 0 Å². The van der Waals surface area contributed by atoms with Crippen LogP contribution < -0.4 is 5.73 Å². The molecule has 1 fully saturated rings. The second-order valence-corrected chi connectivity index (χ2v) is 5.16. The minimum Gasteiger partial charge on any atom is -0.373 e. The minimum atomic E-state index is -0.238. The van der Waals surface area contributed by atoms with E-state index in [-0.39, 0.29) is 11.6 Å². The molecule has 1 heterocycles. The summed E-state index contributed by atoms with van der Waals surface area (Å²) in [5.74, 6) is 0. The largest absolute Gasteiger partial charge is 0.373 e. The third-order valence-corrected chi connectivity index (χ3v) is 3.87. The molecule has 1 aliphatic heterocycles. The second-order valence-electron chi connectivity index (χ2n) is 4.75. The first kappa shape index (κ1) is 11.9. The van der Waals surface area contributed by atoms with Crippen LogP contribution in [0.5, 0.6) is 0 Å². The Bertz CT molecular complexity index is 386. The highest BCUT2D eigenvalue weighted by Crippen LogP contribution is 2.36. The highest BCUT2D eigenvalue weighted by molar-refractivity contribution is 6.31. The van der Waals surface area contributed by atoms with Crippen LogP contribution in [0.4, 0.5) is 0 Å². The van der Waals surface area contributed by atoms with Crippen molar-refractivity contribution < 1.29 is 4.74 Å². The van der Waals surface area contributed by atoms with Crippen molar-refractivity contribution in [2.24, 2.45) is 5.73 Å². The first-order chi connectivity index (χ1) is 7.53. The van der Waals surface area contributed by atoms with Gasteiger partial charge >= 0.3 is 0 Å². The van der Waals surface area contributed by atoms with Gasteiger partial charge in [0.25, 0.3) is 0 Å². The molecule has 0 aromatic heterocycles. The van der Waals surface area contributed by atoms with Crippen molar-refractivity contribution in [1.29, 1.82) is 0 Å². The molecule has 1 aromatic carbocycles. The molecular weight excluding hydrogens is 222 g/mol. The standard InChI is InChI=1S/C13H18ClNO/c1-9-4-5-10(8-11(9)14)12(15)13(2)6-3-7-16-13/h4-5,8,12H,3,6-7,15H2,1-2H3. The van der Waals surface area contributed by atoms with Gasteiger partial charge in [-0.2, -0.15) is 0 Å². The fraction of sp³-hybridized carbons (Fsp3) is 0.538. The van der Waals surface area contributed by atoms with Gasteiger partial charge in [0.05, 0.1) is 11.6 Å². The summed E-state index contributed by atoms with van der Waals surface area (Å²) in [6, 6.07) is 5.90. The lowest BCUT2D eigenvalue weighted by Gasteiger charge is -2.30. The Hall–Kier alpha value is -0.570. The van der Waals surface area contributed by atoms with E-state index >= 15 is 0 Å². The summed E-state index contributed by atoms with van der Waals surface area (Å²) < 4.78 is 5.76. The summed E-state index contributed by atoms with van der Waals surface area (Å²) >= 11 is 6.11. The van der Waals surface area contributed by atoms with E-state index < -0.39 is 0 Å². The molecule has 0 aliphatic carbocycles. The lowest BCUT2D eigenvalue weighted by molar-refractivity contribution is -0.00173. The van der Waals surface area contributed by atoms with E-state index in [0.29, 0.717) is 0 Å². The first-order valence-electron chi connectivity index (χ1n) is 5.68. The molecule has 2 atom stereocenters. The third kappa shape index (κ3) is 2.10. The van der Waals surface area contributed by atoms with Crippen LogP contribution in [0.25, 0.3) is 0 Å². The highest BCUT2D eigenvalue weighted by atomic mass is 35.5. The lowest BCUT2D eigenvalue weighted by atomic mass is 9.88. The summed E-state index contributed by atoms with van der Waals surface area (Å²) in [6.45, 7) is 4.88. The Morgan fingerprint density at radius 2 is 2.25 bits per heavy atom. The van der Waals surface area contributed by atoms with E-state index in [1.165, 1.54) is 0 Å². The van der Waals surface area contributed by atoms with Crippen molar-refractivity contribution in [2.45, 2.75) is 38.3 Å². The maximum Gasteiger partial charge on any atom is 0.0847 e. The Morgan fingerprint density at radius 3 is 2.81 bits per heavy atom. The molecule has 1 aliphatic rings. The Balaban J connectivity index is 2.26. The van der Waals surface area contributed by atoms with Gasteiger partial charge in [-0.1, -0.05) is 23.7 Å². The van der Waals surface area contributed by atoms with Gasteiger partial charge in [0, 0.05) is 11.6 Å². The van der Waals surface area contributed by atoms with Crippen LogP contribution in [0.15, 0.2) is 18.2 Å². The van der Waals surface area contributed by atoms with Crippen LogP contribution in [0.1, 0.15) is 36.9 Å². The SMILES string of the molecule is Cc1ccc(C(N)C2(C)CCCO2)cc1Cl. The average molecular weight is 240 g/mol. The number of nitrogens with two attached hydrogens (primary N) is 1. The van der Waals surface area contributed by atoms with Crippen molar-refractivity contribution >= 4 is 11.6 Å². The maximum atomic E-state index is 6.27. The van der Waals surface area contributed by atoms with Crippen LogP contribution >= 0.6 is 11.6 Å². The van der Waals surface area contributed by atoms with E-state index in [1.807, 2.05) is 25.1 Å². The molecule has 3 heteroatoms. The normalized spacial score (nSPS) is 27.0. The smallest absolute Gasteiger partial charge is 0.0847 e. The quantitative estimate of drug-likeness (QED) is 0.860. The minimum absolute atomic E-state index is 0.104. The molecule has 0 bridgehead atoms. The molecule has 0 radical (unpaired) electrons. The van der Waals surface area contributed by atoms with Crippen molar-refractivity contribution in [3.8, 4) is 0 Å². The molecule has 0 amide bonds. The molecule has 2 N–H and O–H groups in total. The predicted molar refractivity (Wildman–Crippen MR) is 66.7 cm³/mol. The van der Waals surface area contributed by atoms with Crippen LogP contribution in [0.3, 0.4) is 0 Å². The molecular formula is C13H18ClNO. The predicted octanol–water partition coefficient (Wildman–Crippen LogP) is 3.22. The van der Waals surface area contributed by atoms with E-state index in [4.69, 9.17) is 22.1 Å². The van der Waals surface area contributed by atoms with Crippen LogP contribution in [-0.4, -0.2) is 12.2 Å². The van der Waals surface area contributed by atoms with E-state index in [0.717, 1.165) is 35.6 Å². The van der Waals surface area contributed by atoms with Crippen LogP contribution in [0.2, 0.25) is 5.02 Å². The molecule has 1 saturated heterocycles.